The van der Waals surface area contributed by atoms with E-state index >= 15 is 0 Å². The van der Waals surface area contributed by atoms with Crippen molar-refractivity contribution in [3.05, 3.63) is 65.2 Å². The lowest BCUT2D eigenvalue weighted by Crippen LogP contribution is -2.49. The van der Waals surface area contributed by atoms with Gasteiger partial charge in [-0.25, -0.2) is 14.6 Å². The van der Waals surface area contributed by atoms with Gasteiger partial charge in [0.1, 0.15) is 12.1 Å². The fraction of sp³-hybridized carbons (Fsp3) is 0.417. The van der Waals surface area contributed by atoms with Gasteiger partial charge in [0.25, 0.3) is 5.91 Å². The van der Waals surface area contributed by atoms with Gasteiger partial charge in [0.2, 0.25) is 0 Å². The molecule has 0 bridgehead atoms. The number of rotatable bonds is 3. The lowest BCUT2D eigenvalue weighted by molar-refractivity contribution is 0.0746. The van der Waals surface area contributed by atoms with Crippen molar-refractivity contribution in [2.45, 2.75) is 40.0 Å². The Kier molecular flexibility index (Phi) is 5.52. The van der Waals surface area contributed by atoms with Crippen molar-refractivity contribution in [3.8, 4) is 5.82 Å². The van der Waals surface area contributed by atoms with Gasteiger partial charge >= 0.3 is 0 Å². The third-order valence-electron chi connectivity index (χ3n) is 5.75. The molecule has 0 N–H and O–H groups in total. The normalized spacial score (nSPS) is 14.7. The van der Waals surface area contributed by atoms with Crippen LogP contribution >= 0.6 is 0 Å². The van der Waals surface area contributed by atoms with E-state index in [1.807, 2.05) is 47.7 Å². The second-order valence-corrected chi connectivity index (χ2v) is 9.18. The van der Waals surface area contributed by atoms with Crippen LogP contribution in [0, 0.1) is 13.8 Å². The minimum Gasteiger partial charge on any atom is -0.353 e. The van der Waals surface area contributed by atoms with Gasteiger partial charge in [-0.1, -0.05) is 32.9 Å². The Labute approximate surface area is 183 Å². The van der Waals surface area contributed by atoms with E-state index in [0.29, 0.717) is 13.1 Å². The lowest BCUT2D eigenvalue weighted by Gasteiger charge is -2.35. The molecule has 0 unspecified atom stereocenters. The van der Waals surface area contributed by atoms with Crippen LogP contribution in [-0.4, -0.2) is 56.7 Å². The van der Waals surface area contributed by atoms with Crippen LogP contribution in [0.3, 0.4) is 0 Å². The summed E-state index contributed by atoms with van der Waals surface area (Å²) in [6.45, 7) is 13.3. The average molecular weight is 419 g/mol. The lowest BCUT2D eigenvalue weighted by atomic mass is 9.86. The molecule has 3 aromatic rings. The molecule has 1 amide bonds. The van der Waals surface area contributed by atoms with Crippen molar-refractivity contribution in [2.24, 2.45) is 0 Å². The maximum Gasteiger partial charge on any atom is 0.253 e. The van der Waals surface area contributed by atoms with E-state index in [1.165, 1.54) is 5.56 Å². The molecule has 0 spiro atoms. The Morgan fingerprint density at radius 1 is 0.903 bits per heavy atom. The summed E-state index contributed by atoms with van der Waals surface area (Å²) in [7, 11) is 0. The molecule has 0 saturated carbocycles. The van der Waals surface area contributed by atoms with Crippen molar-refractivity contribution in [2.75, 3.05) is 31.1 Å². The number of carbonyl (C=O) groups is 1. The Bertz CT molecular complexity index is 1070. The first-order chi connectivity index (χ1) is 14.7. The smallest absolute Gasteiger partial charge is 0.253 e. The number of aryl methyl sites for hydroxylation is 2. The number of piperazine rings is 1. The molecule has 1 fully saturated rings. The van der Waals surface area contributed by atoms with E-state index in [4.69, 9.17) is 0 Å². The average Bonchev–Trinajstić information content (AvgIpc) is 3.11. The molecular formula is C24H30N6O. The van der Waals surface area contributed by atoms with Crippen LogP contribution in [0.15, 0.2) is 42.7 Å². The van der Waals surface area contributed by atoms with Crippen LogP contribution in [0.1, 0.15) is 48.1 Å². The monoisotopic (exact) mass is 418 g/mol. The third-order valence-corrected chi connectivity index (χ3v) is 5.75. The first-order valence-corrected chi connectivity index (χ1v) is 10.7. The molecule has 1 aliphatic rings. The standard InChI is InChI=1S/C24H30N6O/c1-17-14-18(2)30(27-17)22-15-21(25-16-26-22)28-10-12-29(13-11-28)23(31)19-6-8-20(9-7-19)24(3,4)5/h6-9,14-16H,10-13H2,1-5H3. The molecule has 31 heavy (non-hydrogen) atoms. The maximum atomic E-state index is 13.0. The van der Waals surface area contributed by atoms with Crippen molar-refractivity contribution in [3.63, 3.8) is 0 Å². The quantitative estimate of drug-likeness (QED) is 0.651. The van der Waals surface area contributed by atoms with E-state index in [0.717, 1.165) is 41.7 Å². The number of hydrogen-bond donors (Lipinski definition) is 0. The summed E-state index contributed by atoms with van der Waals surface area (Å²) in [6.07, 6.45) is 1.58. The Morgan fingerprint density at radius 2 is 1.55 bits per heavy atom. The third kappa shape index (κ3) is 4.45. The Hall–Kier alpha value is -3.22. The van der Waals surface area contributed by atoms with E-state index in [-0.39, 0.29) is 11.3 Å². The number of carbonyl (C=O) groups excluding carboxylic acids is 1. The fourth-order valence-electron chi connectivity index (χ4n) is 3.92. The molecule has 4 rings (SSSR count). The predicted molar refractivity (Wildman–Crippen MR) is 122 cm³/mol. The van der Waals surface area contributed by atoms with E-state index in [1.54, 1.807) is 6.33 Å². The molecule has 1 saturated heterocycles. The van der Waals surface area contributed by atoms with Crippen molar-refractivity contribution < 1.29 is 4.79 Å². The van der Waals surface area contributed by atoms with Gasteiger partial charge in [-0.05, 0) is 43.0 Å². The zero-order valence-electron chi connectivity index (χ0n) is 19.0. The molecule has 7 nitrogen and oxygen atoms in total. The van der Waals surface area contributed by atoms with Crippen LogP contribution in [0.5, 0.6) is 0 Å². The second-order valence-electron chi connectivity index (χ2n) is 9.18. The minimum atomic E-state index is 0.0804. The molecule has 7 heteroatoms. The zero-order chi connectivity index (χ0) is 22.2. The number of anilines is 1. The van der Waals surface area contributed by atoms with Crippen LogP contribution in [-0.2, 0) is 5.41 Å². The summed E-state index contributed by atoms with van der Waals surface area (Å²) in [5.74, 6) is 1.71. The number of amides is 1. The first kappa shape index (κ1) is 21.0. The van der Waals surface area contributed by atoms with Gasteiger partial charge in [-0.15, -0.1) is 0 Å². The van der Waals surface area contributed by atoms with Crippen LogP contribution in [0.25, 0.3) is 5.82 Å². The summed E-state index contributed by atoms with van der Waals surface area (Å²) < 4.78 is 1.83. The van der Waals surface area contributed by atoms with E-state index in [2.05, 4.69) is 52.9 Å². The fourth-order valence-corrected chi connectivity index (χ4v) is 3.92. The number of benzene rings is 1. The molecule has 1 aromatic carbocycles. The van der Waals surface area contributed by atoms with Gasteiger partial charge in [0.15, 0.2) is 5.82 Å². The van der Waals surface area contributed by atoms with Crippen molar-refractivity contribution in [1.82, 2.24) is 24.6 Å². The molecule has 2 aromatic heterocycles. The summed E-state index contributed by atoms with van der Waals surface area (Å²) in [6, 6.07) is 12.0. The second kappa shape index (κ2) is 8.13. The highest BCUT2D eigenvalue weighted by atomic mass is 16.2. The van der Waals surface area contributed by atoms with Crippen molar-refractivity contribution in [1.29, 1.82) is 0 Å². The van der Waals surface area contributed by atoms with Crippen molar-refractivity contribution >= 4 is 11.7 Å². The Balaban J connectivity index is 1.42. The molecule has 1 aliphatic heterocycles. The molecular weight excluding hydrogens is 388 g/mol. The largest absolute Gasteiger partial charge is 0.353 e. The highest BCUT2D eigenvalue weighted by Gasteiger charge is 2.24. The van der Waals surface area contributed by atoms with Gasteiger partial charge in [-0.2, -0.15) is 5.10 Å². The SMILES string of the molecule is Cc1cc(C)n(-c2cc(N3CCN(C(=O)c4ccc(C(C)(C)C)cc4)CC3)ncn2)n1. The topological polar surface area (TPSA) is 67.2 Å². The van der Waals surface area contributed by atoms with Crippen LogP contribution in [0.4, 0.5) is 5.82 Å². The molecule has 0 radical (unpaired) electrons. The molecule has 0 aliphatic carbocycles. The number of nitrogens with zero attached hydrogens (tertiary/aromatic N) is 6. The zero-order valence-corrected chi connectivity index (χ0v) is 19.0. The summed E-state index contributed by atoms with van der Waals surface area (Å²) in [4.78, 5) is 25.9. The van der Waals surface area contributed by atoms with Crippen LogP contribution in [0.2, 0.25) is 0 Å². The van der Waals surface area contributed by atoms with Gasteiger partial charge in [0, 0.05) is 43.5 Å². The highest BCUT2D eigenvalue weighted by molar-refractivity contribution is 5.94. The van der Waals surface area contributed by atoms with Crippen LogP contribution < -0.4 is 4.90 Å². The number of aromatic nitrogens is 4. The van der Waals surface area contributed by atoms with Gasteiger partial charge in [0.05, 0.1) is 5.69 Å². The maximum absolute atomic E-state index is 13.0. The Morgan fingerprint density at radius 3 is 2.13 bits per heavy atom. The van der Waals surface area contributed by atoms with E-state index < -0.39 is 0 Å². The first-order valence-electron chi connectivity index (χ1n) is 10.7. The van der Waals surface area contributed by atoms with Gasteiger partial charge in [-0.3, -0.25) is 4.79 Å². The molecule has 162 valence electrons. The summed E-state index contributed by atoms with van der Waals surface area (Å²) in [5.41, 5.74) is 4.05. The summed E-state index contributed by atoms with van der Waals surface area (Å²) >= 11 is 0. The molecule has 0 atom stereocenters. The predicted octanol–water partition coefficient (Wildman–Crippen LogP) is 3.54. The van der Waals surface area contributed by atoms with E-state index in [9.17, 15) is 4.79 Å². The minimum absolute atomic E-state index is 0.0804. The number of hydrogen-bond acceptors (Lipinski definition) is 5. The van der Waals surface area contributed by atoms with Gasteiger partial charge < -0.3 is 9.80 Å². The highest BCUT2D eigenvalue weighted by Crippen LogP contribution is 2.23. The summed E-state index contributed by atoms with van der Waals surface area (Å²) in [5, 5.41) is 4.51. The molecule has 3 heterocycles.